The highest BCUT2D eigenvalue weighted by Gasteiger charge is 2.26. The van der Waals surface area contributed by atoms with E-state index in [4.69, 9.17) is 0 Å². The molecule has 5 nitrogen and oxygen atoms in total. The Labute approximate surface area is 144 Å². The summed E-state index contributed by atoms with van der Waals surface area (Å²) in [6, 6.07) is 15.2. The summed E-state index contributed by atoms with van der Waals surface area (Å²) in [7, 11) is 1.84. The molecule has 0 saturated carbocycles. The number of anilines is 1. The van der Waals surface area contributed by atoms with Crippen LogP contribution in [0.3, 0.4) is 0 Å². The van der Waals surface area contributed by atoms with Gasteiger partial charge in [-0.2, -0.15) is 0 Å². The van der Waals surface area contributed by atoms with E-state index in [-0.39, 0.29) is 0 Å². The third-order valence-electron chi connectivity index (χ3n) is 4.79. The van der Waals surface area contributed by atoms with Crippen molar-refractivity contribution in [2.24, 2.45) is 0 Å². The van der Waals surface area contributed by atoms with Gasteiger partial charge >= 0.3 is 5.97 Å². The molecule has 0 aliphatic heterocycles. The molecule has 25 heavy (non-hydrogen) atoms. The smallest absolute Gasteiger partial charge is 0.326 e. The van der Waals surface area contributed by atoms with Gasteiger partial charge in [-0.1, -0.05) is 36.4 Å². The summed E-state index contributed by atoms with van der Waals surface area (Å²) in [5, 5.41) is 11.9. The second-order valence-electron chi connectivity index (χ2n) is 6.25. The van der Waals surface area contributed by atoms with Gasteiger partial charge in [0, 0.05) is 47.7 Å². The molecule has 2 heterocycles. The highest BCUT2D eigenvalue weighted by molar-refractivity contribution is 5.95. The van der Waals surface area contributed by atoms with Gasteiger partial charge < -0.3 is 20.0 Å². The van der Waals surface area contributed by atoms with Gasteiger partial charge in [0.15, 0.2) is 0 Å². The first-order valence-electron chi connectivity index (χ1n) is 8.22. The fraction of sp³-hybridized carbons (Fsp3) is 0.150. The number of carboxylic acids is 1. The van der Waals surface area contributed by atoms with Crippen LogP contribution in [0.2, 0.25) is 0 Å². The van der Waals surface area contributed by atoms with E-state index in [1.54, 1.807) is 0 Å². The molecule has 4 aromatic rings. The Hall–Kier alpha value is -3.21. The number of fused-ring (bicyclic) bond motifs is 2. The number of benzene rings is 2. The predicted octanol–water partition coefficient (Wildman–Crippen LogP) is 3.78. The van der Waals surface area contributed by atoms with Crippen molar-refractivity contribution in [2.45, 2.75) is 12.5 Å². The second-order valence-corrected chi connectivity index (χ2v) is 6.25. The first-order valence-corrected chi connectivity index (χ1v) is 8.22. The lowest BCUT2D eigenvalue weighted by Gasteiger charge is -2.26. The fourth-order valence-electron chi connectivity index (χ4n) is 3.41. The predicted molar refractivity (Wildman–Crippen MR) is 100 cm³/mol. The second kappa shape index (κ2) is 6.02. The number of nitrogens with zero attached hydrogens (tertiary/aromatic N) is 1. The molecule has 0 aliphatic rings. The monoisotopic (exact) mass is 333 g/mol. The zero-order valence-corrected chi connectivity index (χ0v) is 13.9. The van der Waals surface area contributed by atoms with E-state index in [1.165, 1.54) is 0 Å². The van der Waals surface area contributed by atoms with Gasteiger partial charge in [-0.3, -0.25) is 0 Å². The summed E-state index contributed by atoms with van der Waals surface area (Å²) in [4.78, 5) is 20.2. The Morgan fingerprint density at radius 3 is 2.32 bits per heavy atom. The van der Waals surface area contributed by atoms with E-state index in [1.807, 2.05) is 72.9 Å². The zero-order valence-electron chi connectivity index (χ0n) is 13.9. The van der Waals surface area contributed by atoms with Gasteiger partial charge in [0.1, 0.15) is 6.04 Å². The van der Waals surface area contributed by atoms with Crippen molar-refractivity contribution >= 4 is 33.5 Å². The maximum atomic E-state index is 12.0. The molecule has 0 amide bonds. The summed E-state index contributed by atoms with van der Waals surface area (Å²) in [6.07, 6.45) is 4.20. The quantitative estimate of drug-likeness (QED) is 0.520. The van der Waals surface area contributed by atoms with E-state index in [2.05, 4.69) is 9.97 Å². The zero-order chi connectivity index (χ0) is 17.4. The van der Waals surface area contributed by atoms with Crippen molar-refractivity contribution in [2.75, 3.05) is 11.9 Å². The molecule has 1 atom stereocenters. The maximum absolute atomic E-state index is 12.0. The van der Waals surface area contributed by atoms with Crippen LogP contribution in [0.1, 0.15) is 5.56 Å². The van der Waals surface area contributed by atoms with Crippen molar-refractivity contribution in [1.29, 1.82) is 0 Å². The molecule has 2 aromatic heterocycles. The van der Waals surface area contributed by atoms with Crippen LogP contribution in [-0.2, 0) is 11.2 Å². The number of likely N-dealkylation sites (N-methyl/N-ethyl adjacent to an activating group) is 1. The van der Waals surface area contributed by atoms with Crippen molar-refractivity contribution < 1.29 is 9.90 Å². The minimum Gasteiger partial charge on any atom is -0.480 e. The standard InChI is InChI=1S/C20H19N3O2/c1-23(19-12-22-17-9-5-3-7-15(17)19)18(20(24)25)10-13-11-21-16-8-4-2-6-14(13)16/h2-9,11-12,18,21-22H,10H2,1H3,(H,24,25)/t18-/m0/s1. The van der Waals surface area contributed by atoms with Gasteiger partial charge in [0.05, 0.1) is 5.69 Å². The van der Waals surface area contributed by atoms with E-state index < -0.39 is 12.0 Å². The van der Waals surface area contributed by atoms with E-state index in [0.29, 0.717) is 6.42 Å². The summed E-state index contributed by atoms with van der Waals surface area (Å²) < 4.78 is 0. The number of carboxylic acid groups (broad SMARTS) is 1. The van der Waals surface area contributed by atoms with Crippen molar-refractivity contribution in [3.8, 4) is 0 Å². The van der Waals surface area contributed by atoms with Crippen LogP contribution in [0.5, 0.6) is 0 Å². The Morgan fingerprint density at radius 2 is 1.60 bits per heavy atom. The number of hydrogen-bond donors (Lipinski definition) is 3. The number of carbonyl (C=O) groups is 1. The number of hydrogen-bond acceptors (Lipinski definition) is 2. The third-order valence-corrected chi connectivity index (χ3v) is 4.79. The Balaban J connectivity index is 1.70. The van der Waals surface area contributed by atoms with Gasteiger partial charge in [-0.05, 0) is 17.7 Å². The fourth-order valence-corrected chi connectivity index (χ4v) is 3.41. The lowest BCUT2D eigenvalue weighted by molar-refractivity contribution is -0.138. The average molecular weight is 333 g/mol. The first kappa shape index (κ1) is 15.3. The van der Waals surface area contributed by atoms with E-state index >= 15 is 0 Å². The Kier molecular flexibility index (Phi) is 3.69. The van der Waals surface area contributed by atoms with Crippen molar-refractivity contribution in [3.05, 3.63) is 66.5 Å². The highest BCUT2D eigenvalue weighted by atomic mass is 16.4. The van der Waals surface area contributed by atoms with Gasteiger partial charge in [0.2, 0.25) is 0 Å². The number of nitrogens with one attached hydrogen (secondary N) is 2. The molecule has 0 bridgehead atoms. The van der Waals surface area contributed by atoms with Crippen molar-refractivity contribution in [1.82, 2.24) is 9.97 Å². The molecule has 0 fully saturated rings. The molecule has 126 valence electrons. The lowest BCUT2D eigenvalue weighted by Crippen LogP contribution is -2.40. The van der Waals surface area contributed by atoms with Gasteiger partial charge in [-0.15, -0.1) is 0 Å². The number of para-hydroxylation sites is 2. The molecule has 3 N–H and O–H groups in total. The van der Waals surface area contributed by atoms with E-state index in [9.17, 15) is 9.90 Å². The minimum absolute atomic E-state index is 0.426. The Morgan fingerprint density at radius 1 is 1.00 bits per heavy atom. The molecule has 4 rings (SSSR count). The maximum Gasteiger partial charge on any atom is 0.326 e. The van der Waals surface area contributed by atoms with E-state index in [0.717, 1.165) is 33.1 Å². The summed E-state index contributed by atoms with van der Waals surface area (Å²) >= 11 is 0. The highest BCUT2D eigenvalue weighted by Crippen LogP contribution is 2.29. The van der Waals surface area contributed by atoms with Crippen molar-refractivity contribution in [3.63, 3.8) is 0 Å². The largest absolute Gasteiger partial charge is 0.480 e. The molecule has 0 aliphatic carbocycles. The average Bonchev–Trinajstić information content (AvgIpc) is 3.23. The Bertz CT molecular complexity index is 1050. The van der Waals surface area contributed by atoms with Crippen LogP contribution in [0.25, 0.3) is 21.8 Å². The molecule has 5 heteroatoms. The first-order chi connectivity index (χ1) is 12.1. The number of rotatable bonds is 5. The normalized spacial score (nSPS) is 12.5. The molecule has 2 aromatic carbocycles. The van der Waals surface area contributed by atoms with Crippen LogP contribution in [0, 0.1) is 0 Å². The lowest BCUT2D eigenvalue weighted by atomic mass is 10.0. The van der Waals surface area contributed by atoms with Gasteiger partial charge in [-0.25, -0.2) is 4.79 Å². The molecule has 0 spiro atoms. The molecule has 0 saturated heterocycles. The topological polar surface area (TPSA) is 72.1 Å². The third kappa shape index (κ3) is 2.63. The van der Waals surface area contributed by atoms with Crippen LogP contribution in [0.15, 0.2) is 60.9 Å². The SMILES string of the molecule is CN(c1c[nH]c2ccccc12)[C@@H](Cc1c[nH]c2ccccc12)C(=O)O. The molecule has 0 unspecified atom stereocenters. The summed E-state index contributed by atoms with van der Waals surface area (Å²) in [6.45, 7) is 0. The van der Waals surface area contributed by atoms with Crippen LogP contribution < -0.4 is 4.90 Å². The van der Waals surface area contributed by atoms with Gasteiger partial charge in [0.25, 0.3) is 0 Å². The van der Waals surface area contributed by atoms with Crippen LogP contribution in [0.4, 0.5) is 5.69 Å². The molecular formula is C20H19N3O2. The summed E-state index contributed by atoms with van der Waals surface area (Å²) in [5.74, 6) is -0.835. The number of H-pyrrole nitrogens is 2. The minimum atomic E-state index is -0.835. The number of aliphatic carboxylic acids is 1. The summed E-state index contributed by atoms with van der Waals surface area (Å²) in [5.41, 5.74) is 3.93. The number of aromatic nitrogens is 2. The molecule has 0 radical (unpaired) electrons. The van der Waals surface area contributed by atoms with Crippen LogP contribution >= 0.6 is 0 Å². The number of aromatic amines is 2. The molecular weight excluding hydrogens is 314 g/mol. The van der Waals surface area contributed by atoms with Crippen LogP contribution in [-0.4, -0.2) is 34.1 Å².